The van der Waals surface area contributed by atoms with Gasteiger partial charge in [0.1, 0.15) is 5.82 Å². The molecule has 1 nitrogen and oxygen atoms in total. The van der Waals surface area contributed by atoms with Gasteiger partial charge in [-0.2, -0.15) is 0 Å². The third-order valence-electron chi connectivity index (χ3n) is 2.73. The lowest BCUT2D eigenvalue weighted by molar-refractivity contribution is 0.338. The molecule has 0 aliphatic carbocycles. The number of benzene rings is 1. The van der Waals surface area contributed by atoms with E-state index in [0.717, 1.165) is 31.5 Å². The molecule has 96 valence electrons. The summed E-state index contributed by atoms with van der Waals surface area (Å²) in [6.45, 7) is 8.54. The third kappa shape index (κ3) is 4.76. The second kappa shape index (κ2) is 6.50. The van der Waals surface area contributed by atoms with Gasteiger partial charge in [0.05, 0.1) is 4.47 Å². The average Bonchev–Trinajstić information content (AvgIpc) is 2.25. The first-order chi connectivity index (χ1) is 7.96. The second-order valence-corrected chi connectivity index (χ2v) is 6.02. The van der Waals surface area contributed by atoms with Gasteiger partial charge in [0.2, 0.25) is 0 Å². The van der Waals surface area contributed by atoms with E-state index < -0.39 is 0 Å². The van der Waals surface area contributed by atoms with Crippen molar-refractivity contribution in [3.05, 3.63) is 34.1 Å². The fraction of sp³-hybridized carbons (Fsp3) is 0.571. The van der Waals surface area contributed by atoms with Crippen molar-refractivity contribution in [2.45, 2.75) is 33.6 Å². The Labute approximate surface area is 112 Å². The molecule has 0 aromatic heterocycles. The SMILES string of the molecule is CCCNCC(C)(C)Cc1cccc(F)c1Br. The Morgan fingerprint density at radius 2 is 2.06 bits per heavy atom. The first-order valence-corrected chi connectivity index (χ1v) is 6.89. The molecule has 0 atom stereocenters. The van der Waals surface area contributed by atoms with Gasteiger partial charge in [-0.15, -0.1) is 0 Å². The van der Waals surface area contributed by atoms with Gasteiger partial charge in [0.25, 0.3) is 0 Å². The highest BCUT2D eigenvalue weighted by Crippen LogP contribution is 2.27. The van der Waals surface area contributed by atoms with Crippen molar-refractivity contribution in [1.82, 2.24) is 5.32 Å². The average molecular weight is 302 g/mol. The zero-order chi connectivity index (χ0) is 12.9. The maximum absolute atomic E-state index is 13.4. The van der Waals surface area contributed by atoms with Gasteiger partial charge in [0.15, 0.2) is 0 Å². The molecule has 0 aliphatic heterocycles. The molecule has 0 unspecified atom stereocenters. The van der Waals surface area contributed by atoms with Crippen LogP contribution in [0.5, 0.6) is 0 Å². The standard InChI is InChI=1S/C14H21BrFN/c1-4-8-17-10-14(2,3)9-11-6-5-7-12(16)13(11)15/h5-7,17H,4,8-10H2,1-3H3. The van der Waals surface area contributed by atoms with Gasteiger partial charge in [0, 0.05) is 6.54 Å². The monoisotopic (exact) mass is 301 g/mol. The van der Waals surface area contributed by atoms with Crippen molar-refractivity contribution < 1.29 is 4.39 Å². The zero-order valence-electron chi connectivity index (χ0n) is 10.8. The summed E-state index contributed by atoms with van der Waals surface area (Å²) in [7, 11) is 0. The molecule has 3 heteroatoms. The highest BCUT2D eigenvalue weighted by molar-refractivity contribution is 9.10. The quantitative estimate of drug-likeness (QED) is 0.778. The molecule has 0 fully saturated rings. The van der Waals surface area contributed by atoms with E-state index in [2.05, 4.69) is 42.0 Å². The van der Waals surface area contributed by atoms with Gasteiger partial charge in [-0.1, -0.05) is 32.9 Å². The van der Waals surface area contributed by atoms with Crippen molar-refractivity contribution in [2.75, 3.05) is 13.1 Å². The molecule has 17 heavy (non-hydrogen) atoms. The van der Waals surface area contributed by atoms with Crippen LogP contribution in [0.15, 0.2) is 22.7 Å². The predicted molar refractivity (Wildman–Crippen MR) is 74.7 cm³/mol. The molecule has 1 aromatic carbocycles. The van der Waals surface area contributed by atoms with Gasteiger partial charge in [-0.25, -0.2) is 4.39 Å². The minimum absolute atomic E-state index is 0.130. The van der Waals surface area contributed by atoms with E-state index in [4.69, 9.17) is 0 Å². The molecule has 0 spiro atoms. The fourth-order valence-electron chi connectivity index (χ4n) is 1.87. The zero-order valence-corrected chi connectivity index (χ0v) is 12.4. The number of hydrogen-bond donors (Lipinski definition) is 1. The van der Waals surface area contributed by atoms with Crippen LogP contribution in [-0.4, -0.2) is 13.1 Å². The Hall–Kier alpha value is -0.410. The van der Waals surface area contributed by atoms with E-state index in [0.29, 0.717) is 4.47 Å². The molecule has 0 saturated carbocycles. The Balaban J connectivity index is 2.65. The molecule has 1 aromatic rings. The Morgan fingerprint density at radius 3 is 2.71 bits per heavy atom. The van der Waals surface area contributed by atoms with Crippen LogP contribution in [0.1, 0.15) is 32.8 Å². The van der Waals surface area contributed by atoms with Crippen LogP contribution >= 0.6 is 15.9 Å². The molecule has 1 rings (SSSR count). The maximum atomic E-state index is 13.4. The lowest BCUT2D eigenvalue weighted by atomic mass is 9.85. The van der Waals surface area contributed by atoms with Crippen molar-refractivity contribution in [1.29, 1.82) is 0 Å². The van der Waals surface area contributed by atoms with Gasteiger partial charge < -0.3 is 5.32 Å². The summed E-state index contributed by atoms with van der Waals surface area (Å²) < 4.78 is 14.0. The van der Waals surface area contributed by atoms with Gasteiger partial charge in [-0.3, -0.25) is 0 Å². The highest BCUT2D eigenvalue weighted by atomic mass is 79.9. The molecular formula is C14H21BrFN. The minimum atomic E-state index is -0.181. The summed E-state index contributed by atoms with van der Waals surface area (Å²) in [6.07, 6.45) is 2.00. The number of rotatable bonds is 6. The minimum Gasteiger partial charge on any atom is -0.316 e. The van der Waals surface area contributed by atoms with E-state index in [-0.39, 0.29) is 11.2 Å². The second-order valence-electron chi connectivity index (χ2n) is 5.23. The largest absolute Gasteiger partial charge is 0.316 e. The van der Waals surface area contributed by atoms with Crippen LogP contribution in [0.2, 0.25) is 0 Å². The van der Waals surface area contributed by atoms with Crippen molar-refractivity contribution in [2.24, 2.45) is 5.41 Å². The molecule has 0 radical (unpaired) electrons. The highest BCUT2D eigenvalue weighted by Gasteiger charge is 2.20. The summed E-state index contributed by atoms with van der Waals surface area (Å²) in [4.78, 5) is 0. The van der Waals surface area contributed by atoms with Crippen molar-refractivity contribution in [3.63, 3.8) is 0 Å². The lowest BCUT2D eigenvalue weighted by Crippen LogP contribution is -2.31. The third-order valence-corrected chi connectivity index (χ3v) is 3.62. The van der Waals surface area contributed by atoms with Gasteiger partial charge in [-0.05, 0) is 52.4 Å². The Kier molecular flexibility index (Phi) is 5.60. The van der Waals surface area contributed by atoms with E-state index in [1.165, 1.54) is 6.07 Å². The summed E-state index contributed by atoms with van der Waals surface area (Å²) >= 11 is 3.32. The normalized spacial score (nSPS) is 11.8. The summed E-state index contributed by atoms with van der Waals surface area (Å²) in [5.74, 6) is -0.181. The van der Waals surface area contributed by atoms with E-state index >= 15 is 0 Å². The number of nitrogens with one attached hydrogen (secondary N) is 1. The smallest absolute Gasteiger partial charge is 0.137 e. The van der Waals surface area contributed by atoms with Crippen LogP contribution in [0.25, 0.3) is 0 Å². The van der Waals surface area contributed by atoms with Gasteiger partial charge >= 0.3 is 0 Å². The summed E-state index contributed by atoms with van der Waals surface area (Å²) in [6, 6.07) is 5.23. The van der Waals surface area contributed by atoms with E-state index in [1.807, 2.05) is 6.07 Å². The predicted octanol–water partition coefficient (Wildman–Crippen LogP) is 4.16. The summed E-state index contributed by atoms with van der Waals surface area (Å²) in [5, 5.41) is 3.42. The molecule has 0 heterocycles. The summed E-state index contributed by atoms with van der Waals surface area (Å²) in [5.41, 5.74) is 1.17. The van der Waals surface area contributed by atoms with Crippen LogP contribution < -0.4 is 5.32 Å². The van der Waals surface area contributed by atoms with Crippen LogP contribution in [0.4, 0.5) is 4.39 Å². The lowest BCUT2D eigenvalue weighted by Gasteiger charge is -2.25. The number of halogens is 2. The molecule has 0 amide bonds. The van der Waals surface area contributed by atoms with E-state index in [9.17, 15) is 4.39 Å². The topological polar surface area (TPSA) is 12.0 Å². The Morgan fingerprint density at radius 1 is 1.35 bits per heavy atom. The molecule has 1 N–H and O–H groups in total. The molecule has 0 aliphatic rings. The van der Waals surface area contributed by atoms with Crippen molar-refractivity contribution in [3.8, 4) is 0 Å². The first kappa shape index (κ1) is 14.7. The van der Waals surface area contributed by atoms with Crippen LogP contribution in [0, 0.1) is 11.2 Å². The Bertz CT molecular complexity index is 363. The van der Waals surface area contributed by atoms with E-state index in [1.54, 1.807) is 6.07 Å². The first-order valence-electron chi connectivity index (χ1n) is 6.10. The molecule has 0 bridgehead atoms. The number of hydrogen-bond acceptors (Lipinski definition) is 1. The maximum Gasteiger partial charge on any atom is 0.137 e. The molecular weight excluding hydrogens is 281 g/mol. The fourth-order valence-corrected chi connectivity index (χ4v) is 2.27. The molecule has 0 saturated heterocycles. The van der Waals surface area contributed by atoms with Crippen LogP contribution in [-0.2, 0) is 6.42 Å². The van der Waals surface area contributed by atoms with Crippen LogP contribution in [0.3, 0.4) is 0 Å². The van der Waals surface area contributed by atoms with Crippen molar-refractivity contribution >= 4 is 15.9 Å².